The van der Waals surface area contributed by atoms with Crippen molar-refractivity contribution in [3.63, 3.8) is 0 Å². The zero-order valence-electron chi connectivity index (χ0n) is 20.4. The van der Waals surface area contributed by atoms with Crippen LogP contribution >= 0.6 is 11.6 Å². The summed E-state index contributed by atoms with van der Waals surface area (Å²) in [6, 6.07) is 6.22. The molecule has 2 aromatic heterocycles. The Labute approximate surface area is 210 Å². The number of nitrogens with zero attached hydrogens (tertiary/aromatic N) is 4. The van der Waals surface area contributed by atoms with Gasteiger partial charge in [-0.3, -0.25) is 5.10 Å². The molecule has 0 saturated carbocycles. The summed E-state index contributed by atoms with van der Waals surface area (Å²) in [5.41, 5.74) is 5.04. The summed E-state index contributed by atoms with van der Waals surface area (Å²) in [6.45, 7) is 8.42. The lowest BCUT2D eigenvalue weighted by Gasteiger charge is -2.40. The molecule has 35 heavy (non-hydrogen) atoms. The maximum atomic E-state index is 15.2. The van der Waals surface area contributed by atoms with Gasteiger partial charge in [0, 0.05) is 18.2 Å². The lowest BCUT2D eigenvalue weighted by molar-refractivity contribution is 0.126. The van der Waals surface area contributed by atoms with Gasteiger partial charge in [0.1, 0.15) is 5.82 Å². The van der Waals surface area contributed by atoms with E-state index in [1.54, 1.807) is 12.3 Å². The zero-order valence-corrected chi connectivity index (χ0v) is 21.1. The number of rotatable bonds is 6. The van der Waals surface area contributed by atoms with Gasteiger partial charge < -0.3 is 15.5 Å². The van der Waals surface area contributed by atoms with E-state index in [0.717, 1.165) is 61.5 Å². The van der Waals surface area contributed by atoms with Crippen molar-refractivity contribution in [2.45, 2.75) is 57.9 Å². The molecule has 0 unspecified atom stereocenters. The first-order valence-corrected chi connectivity index (χ1v) is 12.9. The van der Waals surface area contributed by atoms with Crippen molar-refractivity contribution in [2.75, 3.05) is 31.5 Å². The minimum Gasteiger partial charge on any atom is -0.322 e. The maximum absolute atomic E-state index is 15.2. The van der Waals surface area contributed by atoms with E-state index in [9.17, 15) is 0 Å². The highest BCUT2D eigenvalue weighted by Gasteiger charge is 2.28. The van der Waals surface area contributed by atoms with Crippen LogP contribution in [0.1, 0.15) is 59.8 Å². The minimum atomic E-state index is -0.283. The largest absolute Gasteiger partial charge is 0.322 e. The van der Waals surface area contributed by atoms with Crippen LogP contribution in [0.4, 0.5) is 16.0 Å². The molecule has 4 heterocycles. The number of likely N-dealkylation sites (tertiary alicyclic amines) is 1. The van der Waals surface area contributed by atoms with Gasteiger partial charge in [-0.1, -0.05) is 11.6 Å². The molecule has 3 aromatic rings. The van der Waals surface area contributed by atoms with E-state index in [0.29, 0.717) is 40.7 Å². The molecule has 0 spiro atoms. The molecule has 2 saturated heterocycles. The lowest BCUT2D eigenvalue weighted by atomic mass is 9.85. The van der Waals surface area contributed by atoms with Gasteiger partial charge >= 0.3 is 0 Å². The van der Waals surface area contributed by atoms with Crippen molar-refractivity contribution in [3.05, 3.63) is 63.4 Å². The Morgan fingerprint density at radius 1 is 1.11 bits per heavy atom. The Bertz CT molecular complexity index is 1170. The summed E-state index contributed by atoms with van der Waals surface area (Å²) in [5, 5.41) is 14.1. The number of aryl methyl sites for hydroxylation is 2. The van der Waals surface area contributed by atoms with Crippen LogP contribution in [0.2, 0.25) is 5.02 Å². The summed E-state index contributed by atoms with van der Waals surface area (Å²) in [5.74, 6) is 0.430. The number of H-pyrrole nitrogens is 1. The Kier molecular flexibility index (Phi) is 7.32. The number of aromatic nitrogens is 4. The molecule has 7 nitrogen and oxygen atoms in total. The van der Waals surface area contributed by atoms with Crippen LogP contribution in [0, 0.1) is 19.7 Å². The smallest absolute Gasteiger partial charge is 0.227 e. The van der Waals surface area contributed by atoms with Gasteiger partial charge in [-0.25, -0.2) is 14.4 Å². The van der Waals surface area contributed by atoms with Gasteiger partial charge in [0.05, 0.1) is 28.3 Å². The maximum Gasteiger partial charge on any atom is 0.227 e. The molecular formula is C26H33ClFN7. The second-order valence-corrected chi connectivity index (χ2v) is 10.2. The van der Waals surface area contributed by atoms with Crippen LogP contribution in [0.3, 0.4) is 0 Å². The predicted molar refractivity (Wildman–Crippen MR) is 137 cm³/mol. The molecule has 2 fully saturated rings. The molecule has 2 aliphatic rings. The van der Waals surface area contributed by atoms with E-state index in [1.165, 1.54) is 12.8 Å². The summed E-state index contributed by atoms with van der Waals surface area (Å²) in [6.07, 6.45) is 6.63. The molecule has 3 N–H and O–H groups in total. The first-order valence-electron chi connectivity index (χ1n) is 12.5. The third-order valence-electron chi connectivity index (χ3n) is 7.32. The van der Waals surface area contributed by atoms with Gasteiger partial charge in [0.2, 0.25) is 5.95 Å². The highest BCUT2D eigenvalue weighted by molar-refractivity contribution is 6.31. The molecule has 5 rings (SSSR count). The first kappa shape index (κ1) is 24.2. The Morgan fingerprint density at radius 2 is 1.89 bits per heavy atom. The standard InChI is InChI=1S/C26H33ClFN7/c1-16-11-25(32-26-30-15-22(27)24(31-26)13-19-12-17(2)33-34-19)23(28)14-21(16)18-5-9-35(10-6-18)20-3-7-29-8-4-20/h11-12,14-15,18,20,29H,3-10,13H2,1-2H3,(H,33,34)(H,30,31,32). The topological polar surface area (TPSA) is 81.8 Å². The van der Waals surface area contributed by atoms with Gasteiger partial charge in [-0.2, -0.15) is 5.10 Å². The molecule has 0 atom stereocenters. The van der Waals surface area contributed by atoms with Crippen LogP contribution in [0.25, 0.3) is 0 Å². The monoisotopic (exact) mass is 497 g/mol. The highest BCUT2D eigenvalue weighted by atomic mass is 35.5. The van der Waals surface area contributed by atoms with Crippen molar-refractivity contribution < 1.29 is 4.39 Å². The van der Waals surface area contributed by atoms with Gasteiger partial charge in [0.15, 0.2) is 0 Å². The fraction of sp³-hybridized carbons (Fsp3) is 0.500. The average Bonchev–Trinajstić information content (AvgIpc) is 3.28. The van der Waals surface area contributed by atoms with Gasteiger partial charge in [-0.15, -0.1) is 0 Å². The number of hydrogen-bond donors (Lipinski definition) is 3. The Hall–Kier alpha value is -2.55. The van der Waals surface area contributed by atoms with Crippen LogP contribution in [-0.2, 0) is 6.42 Å². The molecule has 0 bridgehead atoms. The first-order chi connectivity index (χ1) is 17.0. The van der Waals surface area contributed by atoms with Crippen LogP contribution in [-0.4, -0.2) is 57.3 Å². The quantitative estimate of drug-likeness (QED) is 0.450. The summed E-state index contributed by atoms with van der Waals surface area (Å²) in [4.78, 5) is 11.4. The highest BCUT2D eigenvalue weighted by Crippen LogP contribution is 2.34. The normalized spacial score (nSPS) is 18.2. The second kappa shape index (κ2) is 10.6. The molecule has 186 valence electrons. The van der Waals surface area contributed by atoms with E-state index >= 15 is 4.39 Å². The number of aromatic amines is 1. The van der Waals surface area contributed by atoms with Crippen molar-refractivity contribution in [1.29, 1.82) is 0 Å². The molecule has 0 radical (unpaired) electrons. The predicted octanol–water partition coefficient (Wildman–Crippen LogP) is 4.87. The minimum absolute atomic E-state index is 0.283. The molecule has 2 aliphatic heterocycles. The molecule has 9 heteroatoms. The lowest BCUT2D eigenvalue weighted by Crippen LogP contribution is -2.46. The van der Waals surface area contributed by atoms with Crippen molar-refractivity contribution in [2.24, 2.45) is 0 Å². The van der Waals surface area contributed by atoms with Crippen molar-refractivity contribution in [1.82, 2.24) is 30.4 Å². The fourth-order valence-electron chi connectivity index (χ4n) is 5.42. The van der Waals surface area contributed by atoms with E-state index in [2.05, 4.69) is 42.6 Å². The number of nitrogens with one attached hydrogen (secondary N) is 3. The van der Waals surface area contributed by atoms with Crippen LogP contribution < -0.4 is 10.6 Å². The zero-order chi connectivity index (χ0) is 24.4. The van der Waals surface area contributed by atoms with Crippen molar-refractivity contribution in [3.8, 4) is 0 Å². The summed E-state index contributed by atoms with van der Waals surface area (Å²) < 4.78 is 15.2. The molecule has 0 aliphatic carbocycles. The Balaban J connectivity index is 1.26. The summed E-state index contributed by atoms with van der Waals surface area (Å²) >= 11 is 6.31. The molecular weight excluding hydrogens is 465 g/mol. The van der Waals surface area contributed by atoms with Crippen LogP contribution in [0.15, 0.2) is 24.4 Å². The summed E-state index contributed by atoms with van der Waals surface area (Å²) in [7, 11) is 0. The second-order valence-electron chi connectivity index (χ2n) is 9.81. The fourth-order valence-corrected chi connectivity index (χ4v) is 5.58. The number of hydrogen-bond acceptors (Lipinski definition) is 6. The Morgan fingerprint density at radius 3 is 2.60 bits per heavy atom. The van der Waals surface area contributed by atoms with Crippen molar-refractivity contribution >= 4 is 23.2 Å². The molecule has 0 amide bonds. The average molecular weight is 498 g/mol. The molecule has 1 aromatic carbocycles. The van der Waals surface area contributed by atoms with Gasteiger partial charge in [0.25, 0.3) is 0 Å². The van der Waals surface area contributed by atoms with Crippen LogP contribution in [0.5, 0.6) is 0 Å². The number of halogens is 2. The van der Waals surface area contributed by atoms with E-state index in [1.807, 2.05) is 19.1 Å². The number of piperidine rings is 2. The third kappa shape index (κ3) is 5.66. The van der Waals surface area contributed by atoms with E-state index in [4.69, 9.17) is 11.6 Å². The number of benzene rings is 1. The van der Waals surface area contributed by atoms with Gasteiger partial charge in [-0.05, 0) is 101 Å². The van der Waals surface area contributed by atoms with E-state index < -0.39 is 0 Å². The SMILES string of the molecule is Cc1cc(Cc2nc(Nc3cc(C)c(C4CCN(C5CCNCC5)CC4)cc3F)ncc2Cl)n[nH]1. The third-order valence-corrected chi connectivity index (χ3v) is 7.64. The number of anilines is 2. The van der Waals surface area contributed by atoms with E-state index in [-0.39, 0.29) is 5.82 Å².